The quantitative estimate of drug-likeness (QED) is 0.686. The number of carbonyl (C=O) groups excluding carboxylic acids is 1. The number of aliphatic hydroxyl groups is 1. The predicted molar refractivity (Wildman–Crippen MR) is 62.8 cm³/mol. The smallest absolute Gasteiger partial charge is 0.176 e. The van der Waals surface area contributed by atoms with Crippen LogP contribution < -0.4 is 0 Å². The van der Waals surface area contributed by atoms with E-state index < -0.39 is 0 Å². The molecule has 1 rings (SSSR count). The summed E-state index contributed by atoms with van der Waals surface area (Å²) in [5.74, 6) is -0.0182. The van der Waals surface area contributed by atoms with E-state index in [2.05, 4.69) is 31.9 Å². The highest BCUT2D eigenvalue weighted by Gasteiger charge is 2.16. The molecule has 76 valence electrons. The zero-order valence-electron chi connectivity index (χ0n) is 7.63. The van der Waals surface area contributed by atoms with Crippen molar-refractivity contribution in [3.63, 3.8) is 0 Å². The molecule has 1 atom stereocenters. The fraction of sp³-hybridized carbons (Fsp3) is 0.300. The van der Waals surface area contributed by atoms with Gasteiger partial charge >= 0.3 is 0 Å². The summed E-state index contributed by atoms with van der Waals surface area (Å²) in [4.78, 5) is 11.5. The van der Waals surface area contributed by atoms with E-state index in [4.69, 9.17) is 5.11 Å². The fourth-order valence-corrected chi connectivity index (χ4v) is 1.90. The van der Waals surface area contributed by atoms with Gasteiger partial charge in [0, 0.05) is 15.6 Å². The van der Waals surface area contributed by atoms with Gasteiger partial charge in [0.05, 0.1) is 11.4 Å². The van der Waals surface area contributed by atoms with Crippen molar-refractivity contribution < 1.29 is 9.90 Å². The maximum Gasteiger partial charge on any atom is 0.176 e. The minimum Gasteiger partial charge on any atom is -0.392 e. The number of hydrogen-bond donors (Lipinski definition) is 1. The first kappa shape index (κ1) is 11.9. The topological polar surface area (TPSA) is 37.3 Å². The van der Waals surface area contributed by atoms with Crippen LogP contribution in [0.15, 0.2) is 22.7 Å². The third kappa shape index (κ3) is 2.43. The monoisotopic (exact) mass is 320 g/mol. The number of rotatable bonds is 3. The average Bonchev–Trinajstić information content (AvgIpc) is 2.16. The number of halogens is 2. The summed E-state index contributed by atoms with van der Waals surface area (Å²) in [6.07, 6.45) is 0. The van der Waals surface area contributed by atoms with Crippen LogP contribution in [-0.4, -0.2) is 15.7 Å². The van der Waals surface area contributed by atoms with Gasteiger partial charge in [0.1, 0.15) is 0 Å². The summed E-state index contributed by atoms with van der Waals surface area (Å²) >= 11 is 6.52. The van der Waals surface area contributed by atoms with Crippen molar-refractivity contribution in [2.75, 3.05) is 0 Å². The minimum atomic E-state index is -0.234. The molecule has 0 spiro atoms. The summed E-state index contributed by atoms with van der Waals surface area (Å²) in [5.41, 5.74) is 1.20. The molecule has 1 N–H and O–H groups in total. The van der Waals surface area contributed by atoms with E-state index in [9.17, 15) is 4.79 Å². The first-order chi connectivity index (χ1) is 6.57. The molecule has 4 heteroatoms. The summed E-state index contributed by atoms with van der Waals surface area (Å²) in [5, 5.41) is 9.13. The van der Waals surface area contributed by atoms with Crippen molar-refractivity contribution >= 4 is 37.6 Å². The second-order valence-electron chi connectivity index (χ2n) is 2.90. The molecular formula is C10H10Br2O2. The van der Waals surface area contributed by atoms with Crippen LogP contribution >= 0.6 is 31.9 Å². The van der Waals surface area contributed by atoms with Crippen LogP contribution in [0.25, 0.3) is 0 Å². The Morgan fingerprint density at radius 3 is 2.71 bits per heavy atom. The van der Waals surface area contributed by atoms with E-state index in [0.717, 1.165) is 4.47 Å². The standard InChI is InChI=1S/C10H10Br2O2/c1-6(11)10(14)7-3-2-4-9(12)8(7)5-13/h2-4,6,13H,5H2,1H3. The molecular weight excluding hydrogens is 312 g/mol. The normalized spacial score (nSPS) is 12.6. The molecule has 0 heterocycles. The van der Waals surface area contributed by atoms with Gasteiger partial charge in [-0.1, -0.05) is 44.0 Å². The Hall–Kier alpha value is -0.190. The van der Waals surface area contributed by atoms with Gasteiger partial charge in [-0.15, -0.1) is 0 Å². The van der Waals surface area contributed by atoms with E-state index in [1.165, 1.54) is 0 Å². The molecule has 0 aliphatic carbocycles. The van der Waals surface area contributed by atoms with Crippen LogP contribution in [0.2, 0.25) is 0 Å². The summed E-state index contributed by atoms with van der Waals surface area (Å²) in [6.45, 7) is 1.63. The Kier molecular flexibility index (Phi) is 4.29. The zero-order valence-corrected chi connectivity index (χ0v) is 10.8. The molecule has 1 unspecified atom stereocenters. The van der Waals surface area contributed by atoms with Gasteiger partial charge in [0.25, 0.3) is 0 Å². The highest BCUT2D eigenvalue weighted by Crippen LogP contribution is 2.23. The molecule has 0 aliphatic rings. The fourth-order valence-electron chi connectivity index (χ4n) is 1.16. The van der Waals surface area contributed by atoms with Gasteiger partial charge in [-0.2, -0.15) is 0 Å². The summed E-state index contributed by atoms with van der Waals surface area (Å²) < 4.78 is 0.763. The number of carbonyl (C=O) groups is 1. The lowest BCUT2D eigenvalue weighted by molar-refractivity contribution is 0.0992. The first-order valence-corrected chi connectivity index (χ1v) is 5.85. The van der Waals surface area contributed by atoms with Crippen LogP contribution in [0.4, 0.5) is 0 Å². The summed E-state index contributed by atoms with van der Waals surface area (Å²) in [6, 6.07) is 5.31. The summed E-state index contributed by atoms with van der Waals surface area (Å²) in [7, 11) is 0. The Balaban J connectivity index is 3.20. The molecule has 1 aromatic carbocycles. The third-order valence-corrected chi connectivity index (χ3v) is 3.06. The zero-order chi connectivity index (χ0) is 10.7. The number of alkyl halides is 1. The van der Waals surface area contributed by atoms with E-state index in [-0.39, 0.29) is 17.2 Å². The number of Topliss-reactive ketones (excluding diaryl/α,β-unsaturated/α-hetero) is 1. The first-order valence-electron chi connectivity index (χ1n) is 4.14. The maximum atomic E-state index is 11.7. The van der Waals surface area contributed by atoms with E-state index in [0.29, 0.717) is 11.1 Å². The minimum absolute atomic E-state index is 0.0182. The molecule has 0 bridgehead atoms. The van der Waals surface area contributed by atoms with Crippen molar-refractivity contribution in [2.45, 2.75) is 18.4 Å². The SMILES string of the molecule is CC(Br)C(=O)c1cccc(Br)c1CO. The van der Waals surface area contributed by atoms with Crippen LogP contribution in [0.5, 0.6) is 0 Å². The van der Waals surface area contributed by atoms with Gasteiger partial charge < -0.3 is 5.11 Å². The molecule has 1 aromatic rings. The van der Waals surface area contributed by atoms with Crippen LogP contribution in [0, 0.1) is 0 Å². The lowest BCUT2D eigenvalue weighted by atomic mass is 10.0. The molecule has 0 saturated carbocycles. The number of ketones is 1. The predicted octanol–water partition coefficient (Wildman–Crippen LogP) is 2.91. The number of aliphatic hydroxyl groups excluding tert-OH is 1. The third-order valence-electron chi connectivity index (χ3n) is 1.90. The van der Waals surface area contributed by atoms with Gasteiger partial charge in [0.2, 0.25) is 0 Å². The lowest BCUT2D eigenvalue weighted by Gasteiger charge is -2.09. The second-order valence-corrected chi connectivity index (χ2v) is 5.13. The van der Waals surface area contributed by atoms with Crippen molar-refractivity contribution in [3.05, 3.63) is 33.8 Å². The average molecular weight is 322 g/mol. The van der Waals surface area contributed by atoms with E-state index in [1.54, 1.807) is 25.1 Å². The Morgan fingerprint density at radius 2 is 2.21 bits per heavy atom. The van der Waals surface area contributed by atoms with Crippen molar-refractivity contribution in [1.82, 2.24) is 0 Å². The Bertz CT molecular complexity index is 348. The lowest BCUT2D eigenvalue weighted by Crippen LogP contribution is -2.13. The molecule has 0 saturated heterocycles. The molecule has 0 radical (unpaired) electrons. The molecule has 0 fully saturated rings. The highest BCUT2D eigenvalue weighted by molar-refractivity contribution is 9.10. The maximum absolute atomic E-state index is 11.7. The molecule has 0 amide bonds. The molecule has 2 nitrogen and oxygen atoms in total. The Labute approximate surface area is 99.6 Å². The Morgan fingerprint density at radius 1 is 1.57 bits per heavy atom. The molecule has 0 aliphatic heterocycles. The van der Waals surface area contributed by atoms with Crippen molar-refractivity contribution in [1.29, 1.82) is 0 Å². The van der Waals surface area contributed by atoms with Gasteiger partial charge in [-0.25, -0.2) is 0 Å². The van der Waals surface area contributed by atoms with Crippen LogP contribution in [0.1, 0.15) is 22.8 Å². The molecule has 0 aromatic heterocycles. The van der Waals surface area contributed by atoms with E-state index in [1.807, 2.05) is 0 Å². The second kappa shape index (κ2) is 5.05. The van der Waals surface area contributed by atoms with Gasteiger partial charge in [-0.05, 0) is 13.0 Å². The van der Waals surface area contributed by atoms with Gasteiger partial charge in [-0.3, -0.25) is 4.79 Å². The van der Waals surface area contributed by atoms with E-state index >= 15 is 0 Å². The number of benzene rings is 1. The number of hydrogen-bond acceptors (Lipinski definition) is 2. The highest BCUT2D eigenvalue weighted by atomic mass is 79.9. The molecule has 14 heavy (non-hydrogen) atoms. The van der Waals surface area contributed by atoms with Gasteiger partial charge in [0.15, 0.2) is 5.78 Å². The largest absolute Gasteiger partial charge is 0.392 e. The van der Waals surface area contributed by atoms with Crippen LogP contribution in [-0.2, 0) is 6.61 Å². The van der Waals surface area contributed by atoms with Crippen LogP contribution in [0.3, 0.4) is 0 Å². The van der Waals surface area contributed by atoms with Crippen molar-refractivity contribution in [2.24, 2.45) is 0 Å². The van der Waals surface area contributed by atoms with Crippen molar-refractivity contribution in [3.8, 4) is 0 Å².